The number of aromatic nitrogens is 1. The summed E-state index contributed by atoms with van der Waals surface area (Å²) in [7, 11) is 3.24. The summed E-state index contributed by atoms with van der Waals surface area (Å²) in [4.78, 5) is 45.3. The number of thiazole rings is 1. The van der Waals surface area contributed by atoms with Gasteiger partial charge in [-0.25, -0.2) is 0 Å². The van der Waals surface area contributed by atoms with E-state index >= 15 is 0 Å². The third kappa shape index (κ3) is 2.96. The molecule has 7 rings (SSSR count). The van der Waals surface area contributed by atoms with Gasteiger partial charge in [-0.3, -0.25) is 19.3 Å². The van der Waals surface area contributed by atoms with Gasteiger partial charge in [-0.15, -0.1) is 11.8 Å². The van der Waals surface area contributed by atoms with E-state index in [1.165, 1.54) is 16.2 Å². The number of amides is 2. The summed E-state index contributed by atoms with van der Waals surface area (Å²) in [6, 6.07) is 15.2. The number of benzene rings is 2. The van der Waals surface area contributed by atoms with Gasteiger partial charge in [0.2, 0.25) is 11.8 Å². The zero-order valence-corrected chi connectivity index (χ0v) is 21.3. The number of anilines is 1. The molecule has 2 aromatic carbocycles. The van der Waals surface area contributed by atoms with Gasteiger partial charge in [-0.2, -0.15) is 0 Å². The number of rotatable bonds is 4. The van der Waals surface area contributed by atoms with E-state index in [4.69, 9.17) is 9.47 Å². The fourth-order valence-corrected chi connectivity index (χ4v) is 10.1. The Morgan fingerprint density at radius 3 is 2.11 bits per heavy atom. The van der Waals surface area contributed by atoms with Crippen LogP contribution in [0.2, 0.25) is 0 Å². The van der Waals surface area contributed by atoms with Crippen molar-refractivity contribution in [2.75, 3.05) is 19.1 Å². The number of aromatic amines is 1. The number of nitrogens with zero attached hydrogens (tertiary/aromatic N) is 1. The number of fused-ring (bicyclic) bond motifs is 9. The number of ether oxygens (including phenoxy) is 2. The van der Waals surface area contributed by atoms with Crippen molar-refractivity contribution in [3.63, 3.8) is 0 Å². The van der Waals surface area contributed by atoms with Crippen LogP contribution in [-0.4, -0.2) is 36.3 Å². The van der Waals surface area contributed by atoms with Crippen molar-refractivity contribution in [2.24, 2.45) is 29.6 Å². The summed E-state index contributed by atoms with van der Waals surface area (Å²) in [5, 5.41) is 1.09. The zero-order chi connectivity index (χ0) is 24.7. The van der Waals surface area contributed by atoms with Crippen molar-refractivity contribution in [3.8, 4) is 11.5 Å². The number of carbonyl (C=O) groups is 2. The summed E-state index contributed by atoms with van der Waals surface area (Å²) in [5.41, 5.74) is 1.72. The van der Waals surface area contributed by atoms with Crippen LogP contribution in [0.4, 0.5) is 5.69 Å². The lowest BCUT2D eigenvalue weighted by Crippen LogP contribution is -2.42. The molecular formula is C27H24N2O5S2. The molecule has 1 saturated heterocycles. The van der Waals surface area contributed by atoms with Gasteiger partial charge in [0, 0.05) is 16.0 Å². The van der Waals surface area contributed by atoms with E-state index in [0.29, 0.717) is 11.4 Å². The molecule has 7 atom stereocenters. The molecule has 9 heteroatoms. The molecule has 0 spiro atoms. The second-order valence-corrected chi connectivity index (χ2v) is 12.1. The van der Waals surface area contributed by atoms with Gasteiger partial charge in [0.1, 0.15) is 11.5 Å². The summed E-state index contributed by atoms with van der Waals surface area (Å²) in [5.74, 6) is 1.05. The van der Waals surface area contributed by atoms with Crippen molar-refractivity contribution < 1.29 is 19.1 Å². The first kappa shape index (κ1) is 22.2. The minimum Gasteiger partial charge on any atom is -0.497 e. The van der Waals surface area contributed by atoms with Crippen LogP contribution >= 0.6 is 23.1 Å². The minimum atomic E-state index is -0.315. The topological polar surface area (TPSA) is 88.7 Å². The van der Waals surface area contributed by atoms with Crippen molar-refractivity contribution in [1.82, 2.24) is 4.98 Å². The molecule has 0 radical (unpaired) electrons. The van der Waals surface area contributed by atoms with Gasteiger partial charge >= 0.3 is 4.87 Å². The quantitative estimate of drug-likeness (QED) is 0.521. The van der Waals surface area contributed by atoms with Crippen molar-refractivity contribution in [1.29, 1.82) is 0 Å². The molecule has 4 aliphatic rings. The standard InChI is InChI=1S/C27H24N2O5S2/c1-33-14-7-3-12(4-8-14)18-19-16-11-17(22(19)35-24-23(18)36-27(32)28-24)21-20(16)25(30)29(26(21)31)13-5-9-15(34-2)10-6-13/h3-10,16-22H,11H2,1-2H3,(H,28,32)/t16?,17?,18-,19?,20?,21?,22?/m1/s1. The summed E-state index contributed by atoms with van der Waals surface area (Å²) < 4.78 is 10.6. The van der Waals surface area contributed by atoms with Crippen LogP contribution in [-0.2, 0) is 9.59 Å². The van der Waals surface area contributed by atoms with Gasteiger partial charge in [0.05, 0.1) is 36.8 Å². The molecule has 3 heterocycles. The Balaban J connectivity index is 1.29. The highest BCUT2D eigenvalue weighted by atomic mass is 32.2. The Labute approximate surface area is 215 Å². The summed E-state index contributed by atoms with van der Waals surface area (Å²) >= 11 is 2.97. The number of methoxy groups -OCH3 is 2. The van der Waals surface area contributed by atoms with E-state index in [1.54, 1.807) is 50.2 Å². The van der Waals surface area contributed by atoms with Gasteiger partial charge in [0.25, 0.3) is 0 Å². The molecule has 1 aromatic heterocycles. The molecule has 2 aliphatic carbocycles. The maximum absolute atomic E-state index is 13.8. The fraction of sp³-hybridized carbons (Fsp3) is 0.370. The largest absolute Gasteiger partial charge is 0.497 e. The van der Waals surface area contributed by atoms with Crippen LogP contribution in [0.15, 0.2) is 58.4 Å². The van der Waals surface area contributed by atoms with E-state index in [2.05, 4.69) is 17.1 Å². The molecule has 1 N–H and O–H groups in total. The molecule has 2 aliphatic heterocycles. The monoisotopic (exact) mass is 520 g/mol. The third-order valence-electron chi connectivity index (χ3n) is 8.53. The first-order valence-electron chi connectivity index (χ1n) is 12.1. The highest BCUT2D eigenvalue weighted by Gasteiger charge is 2.69. The Morgan fingerprint density at radius 2 is 1.47 bits per heavy atom. The molecular weight excluding hydrogens is 496 g/mol. The molecule has 6 unspecified atom stereocenters. The van der Waals surface area contributed by atoms with Gasteiger partial charge in [-0.1, -0.05) is 23.5 Å². The van der Waals surface area contributed by atoms with E-state index in [0.717, 1.165) is 27.6 Å². The molecule has 2 bridgehead atoms. The van der Waals surface area contributed by atoms with Crippen molar-refractivity contribution in [3.05, 3.63) is 68.6 Å². The molecule has 3 aromatic rings. The smallest absolute Gasteiger partial charge is 0.305 e. The summed E-state index contributed by atoms with van der Waals surface area (Å²) in [6.45, 7) is 0. The SMILES string of the molecule is COc1ccc([C@H]2c3sc(=O)[nH]c3SC3C4CC(C5C(=O)N(c6ccc(OC)cc6)C(=O)C45)C32)cc1. The van der Waals surface area contributed by atoms with E-state index in [-0.39, 0.29) is 57.4 Å². The predicted octanol–water partition coefficient (Wildman–Crippen LogP) is 4.13. The van der Waals surface area contributed by atoms with E-state index in [9.17, 15) is 14.4 Å². The third-order valence-corrected chi connectivity index (χ3v) is 11.1. The number of imide groups is 1. The predicted molar refractivity (Wildman–Crippen MR) is 137 cm³/mol. The lowest BCUT2D eigenvalue weighted by molar-refractivity contribution is -0.123. The lowest BCUT2D eigenvalue weighted by Gasteiger charge is -2.43. The number of thioether (sulfide) groups is 1. The van der Waals surface area contributed by atoms with Crippen LogP contribution in [0.5, 0.6) is 11.5 Å². The van der Waals surface area contributed by atoms with E-state index < -0.39 is 0 Å². The highest BCUT2D eigenvalue weighted by molar-refractivity contribution is 8.00. The highest BCUT2D eigenvalue weighted by Crippen LogP contribution is 2.68. The first-order chi connectivity index (χ1) is 17.5. The number of carbonyl (C=O) groups excluding carboxylic acids is 2. The second kappa shape index (κ2) is 7.98. The molecule has 2 amide bonds. The number of nitrogens with one attached hydrogen (secondary N) is 1. The summed E-state index contributed by atoms with van der Waals surface area (Å²) in [6.07, 6.45) is 0.872. The number of hydrogen-bond donors (Lipinski definition) is 1. The second-order valence-electron chi connectivity index (χ2n) is 9.94. The van der Waals surface area contributed by atoms with Crippen LogP contribution < -0.4 is 19.2 Å². The van der Waals surface area contributed by atoms with Crippen molar-refractivity contribution in [2.45, 2.75) is 22.6 Å². The number of hydrogen-bond acceptors (Lipinski definition) is 7. The lowest BCUT2D eigenvalue weighted by atomic mass is 9.68. The Kier molecular flexibility index (Phi) is 4.92. The van der Waals surface area contributed by atoms with Crippen LogP contribution in [0.3, 0.4) is 0 Å². The normalized spacial score (nSPS) is 31.8. The molecule has 36 heavy (non-hydrogen) atoms. The number of H-pyrrole nitrogens is 1. The maximum Gasteiger partial charge on any atom is 0.305 e. The molecule has 184 valence electrons. The Bertz CT molecular complexity index is 1430. The molecule has 3 fully saturated rings. The van der Waals surface area contributed by atoms with Gasteiger partial charge in [0.15, 0.2) is 0 Å². The van der Waals surface area contributed by atoms with Crippen LogP contribution in [0.1, 0.15) is 22.8 Å². The van der Waals surface area contributed by atoms with Gasteiger partial charge < -0.3 is 14.5 Å². The van der Waals surface area contributed by atoms with Crippen LogP contribution in [0.25, 0.3) is 0 Å². The average molecular weight is 521 g/mol. The van der Waals surface area contributed by atoms with Crippen LogP contribution in [0, 0.1) is 29.6 Å². The average Bonchev–Trinajstić information content (AvgIpc) is 3.63. The Hall–Kier alpha value is -3.04. The fourth-order valence-electron chi connectivity index (χ4n) is 7.19. The zero-order valence-electron chi connectivity index (χ0n) is 19.7. The maximum atomic E-state index is 13.8. The molecule has 7 nitrogen and oxygen atoms in total. The molecule has 2 saturated carbocycles. The Morgan fingerprint density at radius 1 is 0.861 bits per heavy atom. The first-order valence-corrected chi connectivity index (χ1v) is 13.7. The van der Waals surface area contributed by atoms with E-state index in [1.807, 2.05) is 12.1 Å². The van der Waals surface area contributed by atoms with Crippen molar-refractivity contribution >= 4 is 40.6 Å². The van der Waals surface area contributed by atoms with Gasteiger partial charge in [-0.05, 0) is 66.1 Å². The minimum absolute atomic E-state index is 0.00925.